The van der Waals surface area contributed by atoms with E-state index < -0.39 is 65.6 Å². The van der Waals surface area contributed by atoms with E-state index in [1.807, 2.05) is 5.32 Å². The van der Waals surface area contributed by atoms with Crippen LogP contribution in [0.4, 0.5) is 22.0 Å². The maximum absolute atomic E-state index is 13.8. The van der Waals surface area contributed by atoms with E-state index in [1.54, 1.807) is 18.7 Å². The third-order valence-electron chi connectivity index (χ3n) is 7.51. The second-order valence-corrected chi connectivity index (χ2v) is 11.4. The van der Waals surface area contributed by atoms with Gasteiger partial charge in [0.25, 0.3) is 11.8 Å². The van der Waals surface area contributed by atoms with Gasteiger partial charge >= 0.3 is 12.1 Å². The molecule has 4 amide bonds. The van der Waals surface area contributed by atoms with Crippen LogP contribution in [0.2, 0.25) is 0 Å². The molecule has 0 spiro atoms. The fraction of sp³-hybridized carbons (Fsp3) is 0.643. The van der Waals surface area contributed by atoms with E-state index >= 15 is 0 Å². The van der Waals surface area contributed by atoms with Crippen molar-refractivity contribution in [1.82, 2.24) is 25.4 Å². The molecule has 0 aliphatic carbocycles. The number of ether oxygens (including phenoxy) is 1. The molecule has 44 heavy (non-hydrogen) atoms. The molecule has 2 fully saturated rings. The molecule has 16 heteroatoms. The molecule has 2 N–H and O–H groups in total. The fourth-order valence-corrected chi connectivity index (χ4v) is 4.92. The molecule has 0 aromatic carbocycles. The number of carbonyl (C=O) groups is 5. The summed E-state index contributed by atoms with van der Waals surface area (Å²) in [7, 11) is 0. The Morgan fingerprint density at radius 1 is 0.909 bits per heavy atom. The number of amides is 4. The summed E-state index contributed by atoms with van der Waals surface area (Å²) in [6.07, 6.45) is -4.58. The largest absolute Gasteiger partial charge is 0.461 e. The Kier molecular flexibility index (Phi) is 11.0. The number of carbonyl (C=O) groups excluding carboxylic acids is 5. The van der Waals surface area contributed by atoms with Gasteiger partial charge in [-0.1, -0.05) is 27.7 Å². The molecule has 1 aromatic heterocycles. The third kappa shape index (κ3) is 7.68. The van der Waals surface area contributed by atoms with Crippen LogP contribution >= 0.6 is 0 Å². The van der Waals surface area contributed by atoms with Gasteiger partial charge in [0.2, 0.25) is 17.6 Å². The quantitative estimate of drug-likeness (QED) is 0.377. The summed E-state index contributed by atoms with van der Waals surface area (Å²) in [5.41, 5.74) is 0.179. The van der Waals surface area contributed by atoms with Gasteiger partial charge in [0, 0.05) is 25.8 Å². The van der Waals surface area contributed by atoms with Crippen LogP contribution in [-0.4, -0.2) is 107 Å². The summed E-state index contributed by atoms with van der Waals surface area (Å²) in [6.45, 7) is 7.37. The monoisotopic (exact) mass is 633 g/mol. The average molecular weight is 634 g/mol. The van der Waals surface area contributed by atoms with Gasteiger partial charge in [0.15, 0.2) is 0 Å². The first-order valence-corrected chi connectivity index (χ1v) is 14.2. The van der Waals surface area contributed by atoms with Crippen molar-refractivity contribution < 1.29 is 50.7 Å². The molecule has 2 aliphatic heterocycles. The molecule has 0 bridgehead atoms. The number of hydrogen-bond donors (Lipinski definition) is 2. The van der Waals surface area contributed by atoms with E-state index in [2.05, 4.69) is 10.3 Å². The summed E-state index contributed by atoms with van der Waals surface area (Å²) in [5.74, 6) is -12.5. The van der Waals surface area contributed by atoms with Crippen molar-refractivity contribution in [3.05, 3.63) is 29.6 Å². The topological polar surface area (TPSA) is 138 Å². The van der Waals surface area contributed by atoms with E-state index in [4.69, 9.17) is 4.74 Å². The number of likely N-dealkylation sites (tertiary alicyclic amines) is 1. The van der Waals surface area contributed by atoms with Crippen LogP contribution in [0.1, 0.15) is 61.4 Å². The number of nitrogens with one attached hydrogen (secondary N) is 2. The molecule has 0 radical (unpaired) electrons. The maximum atomic E-state index is 13.8. The van der Waals surface area contributed by atoms with Crippen molar-refractivity contribution >= 4 is 29.4 Å². The van der Waals surface area contributed by atoms with E-state index in [-0.39, 0.29) is 30.1 Å². The number of pyridine rings is 1. The van der Waals surface area contributed by atoms with Gasteiger partial charge in [-0.05, 0) is 36.8 Å². The maximum Gasteiger partial charge on any atom is 0.461 e. The lowest BCUT2D eigenvalue weighted by Gasteiger charge is -2.32. The number of Topliss-reactive ketones (excluding diaryl/α,β-unsaturated/α-hetero) is 1. The molecule has 3 atom stereocenters. The first-order chi connectivity index (χ1) is 20.5. The first-order valence-electron chi connectivity index (χ1n) is 14.2. The molecular formula is C28H36F5N5O6. The first kappa shape index (κ1) is 34.8. The number of rotatable bonds is 10. The zero-order chi connectivity index (χ0) is 33.0. The van der Waals surface area contributed by atoms with Crippen molar-refractivity contribution in [3.8, 4) is 0 Å². The highest BCUT2D eigenvalue weighted by atomic mass is 19.4. The van der Waals surface area contributed by atoms with Crippen LogP contribution in [0, 0.1) is 11.8 Å². The van der Waals surface area contributed by atoms with Gasteiger partial charge in [-0.3, -0.25) is 29.0 Å². The van der Waals surface area contributed by atoms with Crippen LogP contribution in [0.3, 0.4) is 0 Å². The van der Waals surface area contributed by atoms with Crippen LogP contribution in [0.15, 0.2) is 18.3 Å². The van der Waals surface area contributed by atoms with Gasteiger partial charge in [-0.25, -0.2) is 0 Å². The number of morpholine rings is 1. The Hall–Kier alpha value is -3.69. The van der Waals surface area contributed by atoms with Gasteiger partial charge in [0.1, 0.15) is 17.8 Å². The lowest BCUT2D eigenvalue weighted by molar-refractivity contribution is -0.270. The van der Waals surface area contributed by atoms with Crippen molar-refractivity contribution in [3.63, 3.8) is 0 Å². The van der Waals surface area contributed by atoms with Gasteiger partial charge < -0.3 is 25.2 Å². The Morgan fingerprint density at radius 3 is 2.05 bits per heavy atom. The molecule has 11 nitrogen and oxygen atoms in total. The van der Waals surface area contributed by atoms with Crippen LogP contribution in [0.5, 0.6) is 0 Å². The summed E-state index contributed by atoms with van der Waals surface area (Å²) in [4.78, 5) is 71.2. The predicted octanol–water partition coefficient (Wildman–Crippen LogP) is 2.21. The molecule has 3 heterocycles. The molecular weight excluding hydrogens is 597 g/mol. The van der Waals surface area contributed by atoms with Crippen LogP contribution in [0.25, 0.3) is 0 Å². The Labute approximate surface area is 250 Å². The van der Waals surface area contributed by atoms with Crippen LogP contribution < -0.4 is 10.6 Å². The summed E-state index contributed by atoms with van der Waals surface area (Å²) < 4.78 is 71.4. The number of ketones is 1. The third-order valence-corrected chi connectivity index (χ3v) is 7.51. The predicted molar refractivity (Wildman–Crippen MR) is 145 cm³/mol. The molecule has 1 aromatic rings. The fourth-order valence-electron chi connectivity index (χ4n) is 4.92. The minimum absolute atomic E-state index is 0.0505. The van der Waals surface area contributed by atoms with E-state index in [0.717, 1.165) is 4.90 Å². The summed E-state index contributed by atoms with van der Waals surface area (Å²) in [5, 5.41) is 4.60. The number of aromatic nitrogens is 1. The zero-order valence-electron chi connectivity index (χ0n) is 24.7. The Balaban J connectivity index is 1.71. The summed E-state index contributed by atoms with van der Waals surface area (Å²) >= 11 is 0. The second kappa shape index (κ2) is 13.9. The van der Waals surface area contributed by atoms with Gasteiger partial charge in [-0.15, -0.1) is 0 Å². The second-order valence-electron chi connectivity index (χ2n) is 11.4. The highest BCUT2D eigenvalue weighted by molar-refractivity contribution is 6.00. The van der Waals surface area contributed by atoms with E-state index in [0.29, 0.717) is 32.7 Å². The number of alkyl halides is 5. The Bertz CT molecular complexity index is 1230. The lowest BCUT2D eigenvalue weighted by Crippen LogP contribution is -2.60. The van der Waals surface area contributed by atoms with Crippen molar-refractivity contribution in [2.75, 3.05) is 32.8 Å². The smallest absolute Gasteiger partial charge is 0.378 e. The number of hydrogen-bond acceptors (Lipinski definition) is 7. The average Bonchev–Trinajstić information content (AvgIpc) is 3.47. The number of halogens is 5. The Morgan fingerprint density at radius 2 is 1.52 bits per heavy atom. The molecule has 0 saturated carbocycles. The standard InChI is InChI=1S/C28H36F5N5O6/c1-15(2)20(22(39)27(29,30)28(31,32)33)35-24(41)19-6-5-9-38(19)26(43)21(16(3)4)36-23(40)17-7-8-18(34-14-17)25(42)37-10-12-44-13-11-37/h7-8,14-16,19-21H,5-6,9-13H2,1-4H3,(H,35,41)(H,36,40)/t19-,20-,21-/m0/s1. The van der Waals surface area contributed by atoms with E-state index in [9.17, 15) is 45.9 Å². The minimum atomic E-state index is -6.14. The van der Waals surface area contributed by atoms with E-state index in [1.165, 1.54) is 32.2 Å². The molecule has 3 rings (SSSR count). The van der Waals surface area contributed by atoms with Crippen LogP contribution in [-0.2, 0) is 19.1 Å². The lowest BCUT2D eigenvalue weighted by atomic mass is 9.95. The highest BCUT2D eigenvalue weighted by Crippen LogP contribution is 2.37. The molecule has 2 aliphatic rings. The zero-order valence-corrected chi connectivity index (χ0v) is 24.7. The molecule has 2 saturated heterocycles. The van der Waals surface area contributed by atoms with Gasteiger partial charge in [-0.2, -0.15) is 22.0 Å². The highest BCUT2D eigenvalue weighted by Gasteiger charge is 2.64. The number of nitrogens with zero attached hydrogens (tertiary/aromatic N) is 3. The van der Waals surface area contributed by atoms with Crippen molar-refractivity contribution in [1.29, 1.82) is 0 Å². The SMILES string of the molecule is CC(C)[C@H](NC(=O)c1ccc(C(=O)N2CCOCC2)nc1)C(=O)N1CCC[C@H]1C(=O)N[C@H](C(=O)C(F)(F)C(F)(F)F)C(C)C. The molecule has 0 unspecified atom stereocenters. The summed E-state index contributed by atoms with van der Waals surface area (Å²) in [6, 6.07) is -1.81. The van der Waals surface area contributed by atoms with Crippen molar-refractivity contribution in [2.45, 2.75) is 70.8 Å². The normalized spacial score (nSPS) is 19.1. The molecule has 244 valence electrons. The van der Waals surface area contributed by atoms with Crippen molar-refractivity contribution in [2.24, 2.45) is 11.8 Å². The van der Waals surface area contributed by atoms with Gasteiger partial charge in [0.05, 0.1) is 24.8 Å². The minimum Gasteiger partial charge on any atom is -0.378 e.